The maximum atomic E-state index is 11.7. The largest absolute Gasteiger partial charge is 0.484 e. The Morgan fingerprint density at radius 2 is 1.81 bits per heavy atom. The molecule has 0 aliphatic heterocycles. The molecular weight excluding hydrogens is 356 g/mol. The standard InChI is InChI=1S/C17H16N4O6/c18-16(22)10-26-13-7-5-12(6-8-13)9-19-20-17(23)11-27-15-4-2-1-3-14(15)21(24)25/h1-9H,10-11H2,(H2,18,22)(H,20,23)/b19-9+. The van der Waals surface area contributed by atoms with Crippen LogP contribution in [0.25, 0.3) is 0 Å². The van der Waals surface area contributed by atoms with Gasteiger partial charge in [-0.15, -0.1) is 0 Å². The topological polar surface area (TPSA) is 146 Å². The first-order valence-corrected chi connectivity index (χ1v) is 7.65. The van der Waals surface area contributed by atoms with Crippen molar-refractivity contribution < 1.29 is 24.0 Å². The van der Waals surface area contributed by atoms with Crippen LogP contribution < -0.4 is 20.6 Å². The zero-order valence-electron chi connectivity index (χ0n) is 14.0. The molecule has 0 saturated heterocycles. The smallest absolute Gasteiger partial charge is 0.310 e. The number of carbonyl (C=O) groups excluding carboxylic acids is 2. The Balaban J connectivity index is 1.81. The third-order valence-electron chi connectivity index (χ3n) is 3.08. The van der Waals surface area contributed by atoms with Gasteiger partial charge in [0.2, 0.25) is 0 Å². The molecule has 2 aromatic carbocycles. The van der Waals surface area contributed by atoms with Gasteiger partial charge in [-0.2, -0.15) is 5.10 Å². The highest BCUT2D eigenvalue weighted by molar-refractivity contribution is 5.83. The second kappa shape index (κ2) is 9.51. The van der Waals surface area contributed by atoms with E-state index in [2.05, 4.69) is 10.5 Å². The summed E-state index contributed by atoms with van der Waals surface area (Å²) in [5, 5.41) is 14.6. The Kier molecular flexibility index (Phi) is 6.83. The molecule has 0 aliphatic rings. The van der Waals surface area contributed by atoms with Crippen LogP contribution in [0.4, 0.5) is 5.69 Å². The highest BCUT2D eigenvalue weighted by Gasteiger charge is 2.14. The number of rotatable bonds is 9. The number of benzene rings is 2. The van der Waals surface area contributed by atoms with E-state index >= 15 is 0 Å². The van der Waals surface area contributed by atoms with Crippen LogP contribution in [-0.4, -0.2) is 36.2 Å². The molecule has 2 aromatic rings. The maximum absolute atomic E-state index is 11.7. The third kappa shape index (κ3) is 6.46. The van der Waals surface area contributed by atoms with Crippen LogP contribution in [0.3, 0.4) is 0 Å². The SMILES string of the molecule is NC(=O)COc1ccc(/C=N/NC(=O)COc2ccccc2[N+](=O)[O-])cc1. The molecule has 0 heterocycles. The monoisotopic (exact) mass is 372 g/mol. The number of hydrogen-bond acceptors (Lipinski definition) is 7. The number of hydrazone groups is 1. The van der Waals surface area contributed by atoms with Gasteiger partial charge in [0.1, 0.15) is 5.75 Å². The average Bonchev–Trinajstić information content (AvgIpc) is 2.66. The first kappa shape index (κ1) is 19.4. The van der Waals surface area contributed by atoms with E-state index in [4.69, 9.17) is 15.2 Å². The zero-order chi connectivity index (χ0) is 19.6. The molecule has 10 nitrogen and oxygen atoms in total. The van der Waals surface area contributed by atoms with Crippen molar-refractivity contribution in [1.82, 2.24) is 5.43 Å². The van der Waals surface area contributed by atoms with Crippen molar-refractivity contribution >= 4 is 23.7 Å². The van der Waals surface area contributed by atoms with E-state index < -0.39 is 23.3 Å². The van der Waals surface area contributed by atoms with Crippen molar-refractivity contribution in [3.05, 3.63) is 64.2 Å². The molecule has 0 unspecified atom stereocenters. The molecule has 140 valence electrons. The molecule has 0 fully saturated rings. The lowest BCUT2D eigenvalue weighted by Crippen LogP contribution is -2.24. The van der Waals surface area contributed by atoms with Crippen molar-refractivity contribution in [2.75, 3.05) is 13.2 Å². The van der Waals surface area contributed by atoms with Gasteiger partial charge in [0.05, 0.1) is 11.1 Å². The Bertz CT molecular complexity index is 851. The number of nitrogens with two attached hydrogens (primary N) is 1. The van der Waals surface area contributed by atoms with Crippen molar-refractivity contribution in [2.24, 2.45) is 10.8 Å². The summed E-state index contributed by atoms with van der Waals surface area (Å²) >= 11 is 0. The highest BCUT2D eigenvalue weighted by atomic mass is 16.6. The predicted molar refractivity (Wildman–Crippen MR) is 95.5 cm³/mol. The number of nitro benzene ring substituents is 1. The maximum Gasteiger partial charge on any atom is 0.310 e. The van der Waals surface area contributed by atoms with E-state index in [9.17, 15) is 19.7 Å². The van der Waals surface area contributed by atoms with Gasteiger partial charge >= 0.3 is 5.69 Å². The molecular formula is C17H16N4O6. The fourth-order valence-electron chi connectivity index (χ4n) is 1.89. The predicted octanol–water partition coefficient (Wildman–Crippen LogP) is 0.988. The molecule has 10 heteroatoms. The van der Waals surface area contributed by atoms with Gasteiger partial charge in [-0.25, -0.2) is 5.43 Å². The fourth-order valence-corrected chi connectivity index (χ4v) is 1.89. The van der Waals surface area contributed by atoms with Gasteiger partial charge in [0.25, 0.3) is 11.8 Å². The quantitative estimate of drug-likeness (QED) is 0.381. The first-order chi connectivity index (χ1) is 13.0. The van der Waals surface area contributed by atoms with E-state index in [1.165, 1.54) is 24.4 Å². The van der Waals surface area contributed by atoms with Crippen LogP contribution in [0, 0.1) is 10.1 Å². The Labute approximate surface area is 153 Å². The summed E-state index contributed by atoms with van der Waals surface area (Å²) in [4.78, 5) is 32.6. The summed E-state index contributed by atoms with van der Waals surface area (Å²) in [6, 6.07) is 12.3. The number of ether oxygens (including phenoxy) is 2. The van der Waals surface area contributed by atoms with E-state index in [-0.39, 0.29) is 18.0 Å². The van der Waals surface area contributed by atoms with Gasteiger partial charge in [0, 0.05) is 6.07 Å². The highest BCUT2D eigenvalue weighted by Crippen LogP contribution is 2.25. The van der Waals surface area contributed by atoms with E-state index in [1.807, 2.05) is 0 Å². The minimum atomic E-state index is -0.595. The van der Waals surface area contributed by atoms with Gasteiger partial charge < -0.3 is 15.2 Å². The number of amides is 2. The van der Waals surface area contributed by atoms with Crippen LogP contribution in [0.1, 0.15) is 5.56 Å². The summed E-state index contributed by atoms with van der Waals surface area (Å²) in [6.07, 6.45) is 1.39. The number of primary amides is 1. The molecule has 0 aromatic heterocycles. The molecule has 3 N–H and O–H groups in total. The molecule has 0 radical (unpaired) electrons. The fraction of sp³-hybridized carbons (Fsp3) is 0.118. The number of nitrogens with one attached hydrogen (secondary N) is 1. The molecule has 0 spiro atoms. The number of carbonyl (C=O) groups is 2. The van der Waals surface area contributed by atoms with E-state index in [1.54, 1.807) is 30.3 Å². The zero-order valence-corrected chi connectivity index (χ0v) is 14.0. The molecule has 0 aliphatic carbocycles. The van der Waals surface area contributed by atoms with Gasteiger partial charge in [-0.3, -0.25) is 19.7 Å². The normalized spacial score (nSPS) is 10.4. The number of hydrogen-bond donors (Lipinski definition) is 2. The summed E-state index contributed by atoms with van der Waals surface area (Å²) in [6.45, 7) is -0.648. The van der Waals surface area contributed by atoms with Gasteiger partial charge in [0.15, 0.2) is 19.0 Å². The summed E-state index contributed by atoms with van der Waals surface area (Å²) in [7, 11) is 0. The van der Waals surface area contributed by atoms with Crippen LogP contribution in [0.2, 0.25) is 0 Å². The lowest BCUT2D eigenvalue weighted by atomic mass is 10.2. The van der Waals surface area contributed by atoms with E-state index in [0.29, 0.717) is 11.3 Å². The van der Waals surface area contributed by atoms with Crippen LogP contribution in [0.15, 0.2) is 53.6 Å². The molecule has 0 atom stereocenters. The Hall–Kier alpha value is -3.95. The second-order valence-electron chi connectivity index (χ2n) is 5.13. The molecule has 2 amide bonds. The van der Waals surface area contributed by atoms with Crippen LogP contribution >= 0.6 is 0 Å². The van der Waals surface area contributed by atoms with Crippen molar-refractivity contribution in [1.29, 1.82) is 0 Å². The summed E-state index contributed by atoms with van der Waals surface area (Å²) < 4.78 is 10.3. The van der Waals surface area contributed by atoms with Gasteiger partial charge in [-0.1, -0.05) is 12.1 Å². The van der Waals surface area contributed by atoms with Crippen molar-refractivity contribution in [3.8, 4) is 11.5 Å². The number of para-hydroxylation sites is 2. The molecule has 0 bridgehead atoms. The van der Waals surface area contributed by atoms with Gasteiger partial charge in [-0.05, 0) is 35.9 Å². The summed E-state index contributed by atoms with van der Waals surface area (Å²) in [5.74, 6) is -0.696. The minimum absolute atomic E-state index is 0.00632. The van der Waals surface area contributed by atoms with E-state index in [0.717, 1.165) is 0 Å². The second-order valence-corrected chi connectivity index (χ2v) is 5.13. The lowest BCUT2D eigenvalue weighted by molar-refractivity contribution is -0.385. The molecule has 2 rings (SSSR count). The van der Waals surface area contributed by atoms with Crippen LogP contribution in [0.5, 0.6) is 11.5 Å². The Morgan fingerprint density at radius 1 is 1.11 bits per heavy atom. The van der Waals surface area contributed by atoms with Crippen molar-refractivity contribution in [3.63, 3.8) is 0 Å². The van der Waals surface area contributed by atoms with Crippen molar-refractivity contribution in [2.45, 2.75) is 0 Å². The molecule has 0 saturated carbocycles. The van der Waals surface area contributed by atoms with Crippen LogP contribution in [-0.2, 0) is 9.59 Å². The average molecular weight is 372 g/mol. The number of nitro groups is 1. The Morgan fingerprint density at radius 3 is 2.48 bits per heavy atom. The lowest BCUT2D eigenvalue weighted by Gasteiger charge is -2.05. The number of nitrogens with zero attached hydrogens (tertiary/aromatic N) is 2. The first-order valence-electron chi connectivity index (χ1n) is 7.65. The molecule has 27 heavy (non-hydrogen) atoms. The third-order valence-corrected chi connectivity index (χ3v) is 3.08. The minimum Gasteiger partial charge on any atom is -0.484 e. The summed E-state index contributed by atoms with van der Waals surface area (Å²) in [5.41, 5.74) is 7.67.